The topological polar surface area (TPSA) is 59.2 Å². The molecule has 1 amide bonds. The number of pyridine rings is 1. The Balaban J connectivity index is 2.12. The third-order valence-corrected chi connectivity index (χ3v) is 4.23. The Labute approximate surface area is 108 Å². The van der Waals surface area contributed by atoms with Crippen LogP contribution in [0.3, 0.4) is 0 Å². The summed E-state index contributed by atoms with van der Waals surface area (Å²) in [4.78, 5) is 18.4. The van der Waals surface area contributed by atoms with Crippen molar-refractivity contribution in [2.24, 2.45) is 5.41 Å². The number of likely N-dealkylation sites (tertiary alicyclic amines) is 1. The Kier molecular flexibility index (Phi) is 3.55. The SMILES string of the molecule is CCC1(CC)CCN(C(=O)c2cc(N)ccn2)C1. The van der Waals surface area contributed by atoms with Crippen molar-refractivity contribution in [3.63, 3.8) is 0 Å². The van der Waals surface area contributed by atoms with Crippen LogP contribution >= 0.6 is 0 Å². The first kappa shape index (κ1) is 12.9. The lowest BCUT2D eigenvalue weighted by Gasteiger charge is -2.26. The van der Waals surface area contributed by atoms with Gasteiger partial charge in [-0.15, -0.1) is 0 Å². The number of carbonyl (C=O) groups is 1. The summed E-state index contributed by atoms with van der Waals surface area (Å²) in [6, 6.07) is 3.35. The van der Waals surface area contributed by atoms with Crippen molar-refractivity contribution < 1.29 is 4.79 Å². The summed E-state index contributed by atoms with van der Waals surface area (Å²) in [7, 11) is 0. The average molecular weight is 247 g/mol. The first-order valence-corrected chi connectivity index (χ1v) is 6.61. The Hall–Kier alpha value is -1.58. The summed E-state index contributed by atoms with van der Waals surface area (Å²) in [5, 5.41) is 0. The lowest BCUT2D eigenvalue weighted by molar-refractivity contribution is 0.0764. The molecular formula is C14H21N3O. The molecule has 0 atom stereocenters. The van der Waals surface area contributed by atoms with Crippen LogP contribution in [0.5, 0.6) is 0 Å². The van der Waals surface area contributed by atoms with Crippen LogP contribution in [0.25, 0.3) is 0 Å². The van der Waals surface area contributed by atoms with Gasteiger partial charge in [-0.3, -0.25) is 9.78 Å². The van der Waals surface area contributed by atoms with Gasteiger partial charge in [-0.05, 0) is 36.8 Å². The molecule has 2 rings (SSSR count). The van der Waals surface area contributed by atoms with Crippen LogP contribution in [0.2, 0.25) is 0 Å². The van der Waals surface area contributed by atoms with E-state index in [1.807, 2.05) is 4.90 Å². The van der Waals surface area contributed by atoms with Crippen molar-refractivity contribution in [3.05, 3.63) is 24.0 Å². The highest BCUT2D eigenvalue weighted by atomic mass is 16.2. The van der Waals surface area contributed by atoms with Crippen LogP contribution in [-0.4, -0.2) is 28.9 Å². The largest absolute Gasteiger partial charge is 0.399 e. The zero-order chi connectivity index (χ0) is 13.2. The van der Waals surface area contributed by atoms with Crippen LogP contribution in [0.1, 0.15) is 43.6 Å². The molecule has 4 heteroatoms. The average Bonchev–Trinajstić information content (AvgIpc) is 2.83. The number of hydrogen-bond acceptors (Lipinski definition) is 3. The molecule has 0 aliphatic carbocycles. The molecule has 1 fully saturated rings. The van der Waals surface area contributed by atoms with Crippen molar-refractivity contribution in [1.82, 2.24) is 9.88 Å². The van der Waals surface area contributed by atoms with Crippen LogP contribution in [-0.2, 0) is 0 Å². The van der Waals surface area contributed by atoms with Gasteiger partial charge in [-0.25, -0.2) is 0 Å². The van der Waals surface area contributed by atoms with Gasteiger partial charge < -0.3 is 10.6 Å². The van der Waals surface area contributed by atoms with Crippen molar-refractivity contribution >= 4 is 11.6 Å². The summed E-state index contributed by atoms with van der Waals surface area (Å²) in [6.45, 7) is 6.08. The van der Waals surface area contributed by atoms with Gasteiger partial charge in [0.05, 0.1) is 0 Å². The normalized spacial score (nSPS) is 18.0. The van der Waals surface area contributed by atoms with Gasteiger partial charge in [0.15, 0.2) is 0 Å². The first-order chi connectivity index (χ1) is 8.60. The summed E-state index contributed by atoms with van der Waals surface area (Å²) >= 11 is 0. The molecule has 2 heterocycles. The number of nitrogens with zero attached hydrogens (tertiary/aromatic N) is 2. The molecule has 0 saturated carbocycles. The van der Waals surface area contributed by atoms with Crippen LogP contribution in [0.4, 0.5) is 5.69 Å². The maximum atomic E-state index is 12.3. The van der Waals surface area contributed by atoms with Crippen LogP contribution in [0.15, 0.2) is 18.3 Å². The second-order valence-corrected chi connectivity index (χ2v) is 5.16. The van der Waals surface area contributed by atoms with E-state index in [0.29, 0.717) is 16.8 Å². The molecule has 0 bridgehead atoms. The number of carbonyl (C=O) groups excluding carboxylic acids is 1. The Morgan fingerprint density at radius 3 is 2.78 bits per heavy atom. The molecule has 1 aromatic heterocycles. The number of hydrogen-bond donors (Lipinski definition) is 1. The van der Waals surface area contributed by atoms with E-state index < -0.39 is 0 Å². The number of nitrogen functional groups attached to an aromatic ring is 1. The fourth-order valence-corrected chi connectivity index (χ4v) is 2.66. The van der Waals surface area contributed by atoms with Crippen molar-refractivity contribution in [2.75, 3.05) is 18.8 Å². The van der Waals surface area contributed by atoms with Crippen LogP contribution < -0.4 is 5.73 Å². The summed E-state index contributed by atoms with van der Waals surface area (Å²) in [5.41, 5.74) is 7.04. The maximum Gasteiger partial charge on any atom is 0.272 e. The van der Waals surface area contributed by atoms with Gasteiger partial charge in [0.25, 0.3) is 5.91 Å². The summed E-state index contributed by atoms with van der Waals surface area (Å²) in [5.74, 6) is 0.00563. The quantitative estimate of drug-likeness (QED) is 0.891. The van der Waals surface area contributed by atoms with E-state index >= 15 is 0 Å². The standard InChI is InChI=1S/C14H21N3O/c1-3-14(4-2)6-8-17(10-14)13(18)12-9-11(15)5-7-16-12/h5,7,9H,3-4,6,8,10H2,1-2H3,(H2,15,16). The summed E-state index contributed by atoms with van der Waals surface area (Å²) in [6.07, 6.45) is 4.93. The molecule has 0 aromatic carbocycles. The first-order valence-electron chi connectivity index (χ1n) is 6.61. The van der Waals surface area contributed by atoms with E-state index in [4.69, 9.17) is 5.73 Å². The number of anilines is 1. The molecule has 1 saturated heterocycles. The molecule has 18 heavy (non-hydrogen) atoms. The van der Waals surface area contributed by atoms with E-state index in [9.17, 15) is 4.79 Å². The molecule has 1 aromatic rings. The molecular weight excluding hydrogens is 226 g/mol. The molecule has 2 N–H and O–H groups in total. The highest BCUT2D eigenvalue weighted by Gasteiger charge is 2.37. The van der Waals surface area contributed by atoms with Gasteiger partial charge in [-0.1, -0.05) is 13.8 Å². The van der Waals surface area contributed by atoms with Gasteiger partial charge in [0.1, 0.15) is 5.69 Å². The number of aromatic nitrogens is 1. The van der Waals surface area contributed by atoms with E-state index in [0.717, 1.165) is 32.4 Å². The molecule has 0 unspecified atom stereocenters. The number of amides is 1. The van der Waals surface area contributed by atoms with E-state index in [1.165, 1.54) is 0 Å². The molecule has 4 nitrogen and oxygen atoms in total. The third kappa shape index (κ3) is 2.33. The summed E-state index contributed by atoms with van der Waals surface area (Å²) < 4.78 is 0. The Morgan fingerprint density at radius 2 is 2.22 bits per heavy atom. The van der Waals surface area contributed by atoms with Gasteiger partial charge in [0.2, 0.25) is 0 Å². The molecule has 0 spiro atoms. The van der Waals surface area contributed by atoms with Crippen LogP contribution in [0, 0.1) is 5.41 Å². The van der Waals surface area contributed by atoms with Gasteiger partial charge in [-0.2, -0.15) is 0 Å². The van der Waals surface area contributed by atoms with Gasteiger partial charge >= 0.3 is 0 Å². The zero-order valence-electron chi connectivity index (χ0n) is 11.1. The minimum absolute atomic E-state index is 0.00563. The number of nitrogens with two attached hydrogens (primary N) is 1. The lowest BCUT2D eigenvalue weighted by Crippen LogP contribution is -2.32. The molecule has 1 aliphatic heterocycles. The zero-order valence-corrected chi connectivity index (χ0v) is 11.1. The Morgan fingerprint density at radius 1 is 1.50 bits per heavy atom. The fraction of sp³-hybridized carbons (Fsp3) is 0.571. The Bertz CT molecular complexity index is 440. The molecule has 0 radical (unpaired) electrons. The van der Waals surface area contributed by atoms with Gasteiger partial charge in [0, 0.05) is 25.0 Å². The maximum absolute atomic E-state index is 12.3. The third-order valence-electron chi connectivity index (χ3n) is 4.23. The predicted octanol–water partition coefficient (Wildman–Crippen LogP) is 2.32. The second-order valence-electron chi connectivity index (χ2n) is 5.16. The highest BCUT2D eigenvalue weighted by molar-refractivity contribution is 5.93. The van der Waals surface area contributed by atoms with Crippen molar-refractivity contribution in [2.45, 2.75) is 33.1 Å². The molecule has 98 valence electrons. The van der Waals surface area contributed by atoms with E-state index in [1.54, 1.807) is 18.3 Å². The predicted molar refractivity (Wildman–Crippen MR) is 72.2 cm³/mol. The van der Waals surface area contributed by atoms with E-state index in [-0.39, 0.29) is 5.91 Å². The smallest absolute Gasteiger partial charge is 0.272 e. The highest BCUT2D eigenvalue weighted by Crippen LogP contribution is 2.37. The monoisotopic (exact) mass is 247 g/mol. The minimum atomic E-state index is 0.00563. The van der Waals surface area contributed by atoms with Crippen molar-refractivity contribution in [3.8, 4) is 0 Å². The lowest BCUT2D eigenvalue weighted by atomic mass is 9.82. The van der Waals surface area contributed by atoms with Crippen molar-refractivity contribution in [1.29, 1.82) is 0 Å². The minimum Gasteiger partial charge on any atom is -0.399 e. The second kappa shape index (κ2) is 4.96. The fourth-order valence-electron chi connectivity index (χ4n) is 2.66. The number of rotatable bonds is 3. The molecule has 1 aliphatic rings. The van der Waals surface area contributed by atoms with E-state index in [2.05, 4.69) is 18.8 Å².